The summed E-state index contributed by atoms with van der Waals surface area (Å²) >= 11 is 5.88. The average Bonchev–Trinajstić information content (AvgIpc) is 3.04. The van der Waals surface area contributed by atoms with E-state index < -0.39 is 6.04 Å². The Labute approximate surface area is 156 Å². The van der Waals surface area contributed by atoms with Gasteiger partial charge in [0, 0.05) is 25.9 Å². The summed E-state index contributed by atoms with van der Waals surface area (Å²) in [5, 5.41) is 3.94. The van der Waals surface area contributed by atoms with E-state index in [9.17, 15) is 9.59 Å². The van der Waals surface area contributed by atoms with Crippen molar-refractivity contribution in [1.82, 2.24) is 20.2 Å². The molecule has 3 aromatic rings. The maximum atomic E-state index is 12.7. The fraction of sp³-hybridized carbons (Fsp3) is 0.211. The Morgan fingerprint density at radius 2 is 1.92 bits per heavy atom. The number of halogens is 1. The fourth-order valence-electron chi connectivity index (χ4n) is 2.70. The number of nitrogens with one attached hydrogen (secondary N) is 2. The largest absolute Gasteiger partial charge is 0.347 e. The predicted octanol–water partition coefficient (Wildman–Crippen LogP) is 2.65. The molecule has 2 amide bonds. The summed E-state index contributed by atoms with van der Waals surface area (Å²) in [4.78, 5) is 33.7. The number of amides is 2. The van der Waals surface area contributed by atoms with Crippen molar-refractivity contribution >= 4 is 34.4 Å². The van der Waals surface area contributed by atoms with Gasteiger partial charge >= 0.3 is 0 Å². The SMILES string of the molecule is CN(C)C(=O)[C@H](Cc1ccccc1)NC(=O)c1cc2ccc(Cl)nc2[nH]1. The monoisotopic (exact) mass is 370 g/mol. The van der Waals surface area contributed by atoms with Gasteiger partial charge in [0.05, 0.1) is 0 Å². The summed E-state index contributed by atoms with van der Waals surface area (Å²) in [7, 11) is 3.34. The number of hydrogen-bond donors (Lipinski definition) is 2. The fourth-order valence-corrected chi connectivity index (χ4v) is 2.85. The number of fused-ring (bicyclic) bond motifs is 1. The van der Waals surface area contributed by atoms with Crippen LogP contribution in [0.2, 0.25) is 5.15 Å². The van der Waals surface area contributed by atoms with Crippen molar-refractivity contribution in [2.45, 2.75) is 12.5 Å². The van der Waals surface area contributed by atoms with Crippen molar-refractivity contribution in [2.24, 2.45) is 0 Å². The van der Waals surface area contributed by atoms with Gasteiger partial charge in [0.15, 0.2) is 0 Å². The molecule has 0 radical (unpaired) electrons. The van der Waals surface area contributed by atoms with Gasteiger partial charge in [-0.1, -0.05) is 41.9 Å². The lowest BCUT2D eigenvalue weighted by atomic mass is 10.0. The second kappa shape index (κ2) is 7.58. The zero-order valence-electron chi connectivity index (χ0n) is 14.5. The summed E-state index contributed by atoms with van der Waals surface area (Å²) in [5.41, 5.74) is 1.83. The van der Waals surface area contributed by atoms with Gasteiger partial charge < -0.3 is 15.2 Å². The van der Waals surface area contributed by atoms with Crippen molar-refractivity contribution in [2.75, 3.05) is 14.1 Å². The van der Waals surface area contributed by atoms with Crippen LogP contribution >= 0.6 is 11.6 Å². The summed E-state index contributed by atoms with van der Waals surface area (Å²) in [6.07, 6.45) is 0.411. The third kappa shape index (κ3) is 4.03. The minimum absolute atomic E-state index is 0.167. The van der Waals surface area contributed by atoms with E-state index in [0.717, 1.165) is 10.9 Å². The van der Waals surface area contributed by atoms with Gasteiger partial charge in [-0.25, -0.2) is 4.98 Å². The smallest absolute Gasteiger partial charge is 0.268 e. The number of pyridine rings is 1. The normalized spacial score (nSPS) is 12.0. The molecule has 0 unspecified atom stereocenters. The molecular weight excluding hydrogens is 352 g/mol. The molecule has 26 heavy (non-hydrogen) atoms. The van der Waals surface area contributed by atoms with Gasteiger partial charge in [0.1, 0.15) is 22.5 Å². The van der Waals surface area contributed by atoms with Gasteiger partial charge in [0.25, 0.3) is 5.91 Å². The number of likely N-dealkylation sites (N-methyl/N-ethyl adjacent to an activating group) is 1. The van der Waals surface area contributed by atoms with Gasteiger partial charge in [-0.15, -0.1) is 0 Å². The zero-order valence-corrected chi connectivity index (χ0v) is 15.2. The van der Waals surface area contributed by atoms with Crippen LogP contribution in [0.25, 0.3) is 11.0 Å². The molecule has 3 rings (SSSR count). The van der Waals surface area contributed by atoms with E-state index in [0.29, 0.717) is 22.9 Å². The molecule has 2 heterocycles. The highest BCUT2D eigenvalue weighted by molar-refractivity contribution is 6.29. The highest BCUT2D eigenvalue weighted by Crippen LogP contribution is 2.16. The van der Waals surface area contributed by atoms with Crippen LogP contribution in [-0.2, 0) is 11.2 Å². The summed E-state index contributed by atoms with van der Waals surface area (Å²) < 4.78 is 0. The standard InChI is InChI=1S/C19H19ClN4O2/c1-24(2)19(26)15(10-12-6-4-3-5-7-12)22-18(25)14-11-13-8-9-16(20)23-17(13)21-14/h3-9,11,15H,10H2,1-2H3,(H,21,23)(H,22,25)/t15-/m0/s1. The molecular formula is C19H19ClN4O2. The van der Waals surface area contributed by atoms with Crippen LogP contribution in [0.5, 0.6) is 0 Å². The van der Waals surface area contributed by atoms with Gasteiger partial charge in [-0.2, -0.15) is 0 Å². The van der Waals surface area contributed by atoms with Gasteiger partial charge in [0.2, 0.25) is 5.91 Å². The van der Waals surface area contributed by atoms with E-state index in [1.54, 1.807) is 32.3 Å². The Bertz CT molecular complexity index is 937. The number of hydrogen-bond acceptors (Lipinski definition) is 3. The first kappa shape index (κ1) is 17.9. The van der Waals surface area contributed by atoms with Crippen LogP contribution in [-0.4, -0.2) is 46.8 Å². The van der Waals surface area contributed by atoms with E-state index >= 15 is 0 Å². The Morgan fingerprint density at radius 1 is 1.19 bits per heavy atom. The van der Waals surface area contributed by atoms with E-state index in [-0.39, 0.29) is 11.8 Å². The first-order chi connectivity index (χ1) is 12.4. The lowest BCUT2D eigenvalue weighted by Crippen LogP contribution is -2.47. The lowest BCUT2D eigenvalue weighted by Gasteiger charge is -2.21. The molecule has 0 aliphatic rings. The minimum atomic E-state index is -0.664. The first-order valence-electron chi connectivity index (χ1n) is 8.15. The molecule has 2 aromatic heterocycles. The third-order valence-corrected chi connectivity index (χ3v) is 4.23. The van der Waals surface area contributed by atoms with Crippen LogP contribution in [0.3, 0.4) is 0 Å². The van der Waals surface area contributed by atoms with Crippen LogP contribution in [0.15, 0.2) is 48.5 Å². The molecule has 6 nitrogen and oxygen atoms in total. The van der Waals surface area contributed by atoms with Crippen molar-refractivity contribution in [1.29, 1.82) is 0 Å². The molecule has 1 atom stereocenters. The molecule has 0 fully saturated rings. The van der Waals surface area contributed by atoms with Gasteiger partial charge in [-0.05, 0) is 23.8 Å². The number of aromatic nitrogens is 2. The Hall–Kier alpha value is -2.86. The number of benzene rings is 1. The maximum absolute atomic E-state index is 12.7. The van der Waals surface area contributed by atoms with Crippen LogP contribution < -0.4 is 5.32 Å². The maximum Gasteiger partial charge on any atom is 0.268 e. The molecule has 1 aromatic carbocycles. The molecule has 0 saturated carbocycles. The molecule has 134 valence electrons. The number of rotatable bonds is 5. The van der Waals surface area contributed by atoms with E-state index in [4.69, 9.17) is 11.6 Å². The second-order valence-electron chi connectivity index (χ2n) is 6.20. The molecule has 7 heteroatoms. The van der Waals surface area contributed by atoms with Crippen LogP contribution in [0.1, 0.15) is 16.1 Å². The first-order valence-corrected chi connectivity index (χ1v) is 8.53. The van der Waals surface area contributed by atoms with Gasteiger partial charge in [-0.3, -0.25) is 9.59 Å². The zero-order chi connectivity index (χ0) is 18.7. The molecule has 2 N–H and O–H groups in total. The second-order valence-corrected chi connectivity index (χ2v) is 6.59. The molecule has 0 aliphatic carbocycles. The highest BCUT2D eigenvalue weighted by atomic mass is 35.5. The Kier molecular flexibility index (Phi) is 5.23. The van der Waals surface area contributed by atoms with E-state index in [1.807, 2.05) is 30.3 Å². The average molecular weight is 371 g/mol. The Balaban J connectivity index is 1.82. The van der Waals surface area contributed by atoms with Crippen molar-refractivity contribution in [3.63, 3.8) is 0 Å². The van der Waals surface area contributed by atoms with Crippen LogP contribution in [0, 0.1) is 0 Å². The summed E-state index contributed by atoms with van der Waals surface area (Å²) in [6.45, 7) is 0. The van der Waals surface area contributed by atoms with Crippen molar-refractivity contribution in [3.8, 4) is 0 Å². The number of nitrogens with zero attached hydrogens (tertiary/aromatic N) is 2. The molecule has 0 spiro atoms. The number of H-pyrrole nitrogens is 1. The number of aromatic amines is 1. The van der Waals surface area contributed by atoms with E-state index in [1.165, 1.54) is 4.90 Å². The molecule has 0 saturated heterocycles. The van der Waals surface area contributed by atoms with Crippen LogP contribution in [0.4, 0.5) is 0 Å². The summed E-state index contributed by atoms with van der Waals surface area (Å²) in [5.74, 6) is -0.533. The minimum Gasteiger partial charge on any atom is -0.347 e. The quantitative estimate of drug-likeness (QED) is 0.678. The number of carbonyl (C=O) groups is 2. The highest BCUT2D eigenvalue weighted by Gasteiger charge is 2.24. The lowest BCUT2D eigenvalue weighted by molar-refractivity contribution is -0.130. The van der Waals surface area contributed by atoms with Crippen molar-refractivity contribution < 1.29 is 9.59 Å². The molecule has 0 aliphatic heterocycles. The molecule has 0 bridgehead atoms. The number of carbonyl (C=O) groups excluding carboxylic acids is 2. The Morgan fingerprint density at radius 3 is 2.62 bits per heavy atom. The third-order valence-electron chi connectivity index (χ3n) is 4.02. The van der Waals surface area contributed by atoms with E-state index in [2.05, 4.69) is 15.3 Å². The summed E-state index contributed by atoms with van der Waals surface area (Å²) in [6, 6.07) is 14.0. The predicted molar refractivity (Wildman–Crippen MR) is 101 cm³/mol. The van der Waals surface area contributed by atoms with Crippen molar-refractivity contribution in [3.05, 3.63) is 64.9 Å². The topological polar surface area (TPSA) is 78.1 Å².